The molecule has 1 aromatic carbocycles. The van der Waals surface area contributed by atoms with E-state index < -0.39 is 21.6 Å². The number of hydrogen-bond donors (Lipinski definition) is 0. The van der Waals surface area contributed by atoms with Gasteiger partial charge in [-0.1, -0.05) is 12.1 Å². The molecule has 0 aliphatic rings. The van der Waals surface area contributed by atoms with Gasteiger partial charge in [0, 0.05) is 12.1 Å². The Kier molecular flexibility index (Phi) is 3.75. The van der Waals surface area contributed by atoms with Gasteiger partial charge in [-0.15, -0.1) is 0 Å². The Morgan fingerprint density at radius 2 is 1.81 bits per heavy atom. The summed E-state index contributed by atoms with van der Waals surface area (Å²) in [6, 6.07) is 5.82. The first-order chi connectivity index (χ1) is 7.36. The van der Waals surface area contributed by atoms with E-state index in [0.29, 0.717) is 5.56 Å². The Bertz CT molecular complexity index is 478. The molecule has 4 nitrogen and oxygen atoms in total. The smallest absolute Gasteiger partial charge is 0.304 e. The van der Waals surface area contributed by atoms with Crippen LogP contribution in [-0.4, -0.2) is 35.6 Å². The minimum absolute atomic E-state index is 0.188. The van der Waals surface area contributed by atoms with Gasteiger partial charge in [-0.3, -0.25) is 4.79 Å². The lowest BCUT2D eigenvalue weighted by Crippen LogP contribution is -2.14. The highest BCUT2D eigenvalue weighted by atomic mass is 32.2. The highest BCUT2D eigenvalue weighted by Gasteiger charge is 2.15. The summed E-state index contributed by atoms with van der Waals surface area (Å²) in [7, 11) is 3.60. The number of esters is 1. The van der Waals surface area contributed by atoms with Crippen LogP contribution in [0.1, 0.15) is 11.4 Å². The molecule has 1 rings (SSSR count). The molecule has 0 fully saturated rings. The van der Waals surface area contributed by atoms with Crippen molar-refractivity contribution in [2.24, 2.45) is 0 Å². The molecule has 1 atom stereocenters. The minimum atomic E-state index is -3.23. The van der Waals surface area contributed by atoms with Gasteiger partial charge in [0.25, 0.3) is 0 Å². The summed E-state index contributed by atoms with van der Waals surface area (Å²) < 4.78 is 26.8. The standard InChI is InChI=1S/C10H11BO4S/c1-15-10(12)9(11)7-3-5-8(6-4-7)16(2,13)14/h3-6,9H,1-2H3. The summed E-state index contributed by atoms with van der Waals surface area (Å²) >= 11 is 0. The Morgan fingerprint density at radius 1 is 1.31 bits per heavy atom. The Hall–Kier alpha value is -1.30. The Morgan fingerprint density at radius 3 is 2.19 bits per heavy atom. The molecule has 2 radical (unpaired) electrons. The maximum absolute atomic E-state index is 11.2. The summed E-state index contributed by atoms with van der Waals surface area (Å²) in [4.78, 5) is 11.3. The van der Waals surface area contributed by atoms with Crippen molar-refractivity contribution in [2.75, 3.05) is 13.4 Å². The van der Waals surface area contributed by atoms with Gasteiger partial charge in [0.15, 0.2) is 9.84 Å². The minimum Gasteiger partial charge on any atom is -0.469 e. The van der Waals surface area contributed by atoms with Crippen LogP contribution in [0, 0.1) is 0 Å². The molecular formula is C10H11BO4S. The summed E-state index contributed by atoms with van der Waals surface area (Å²) in [5.74, 6) is -1.45. The van der Waals surface area contributed by atoms with Gasteiger partial charge in [-0.2, -0.15) is 0 Å². The van der Waals surface area contributed by atoms with Crippen LogP contribution in [0.15, 0.2) is 29.2 Å². The lowest BCUT2D eigenvalue weighted by molar-refractivity contribution is -0.140. The lowest BCUT2D eigenvalue weighted by Gasteiger charge is -2.09. The van der Waals surface area contributed by atoms with Gasteiger partial charge in [0.2, 0.25) is 0 Å². The van der Waals surface area contributed by atoms with Gasteiger partial charge < -0.3 is 4.74 Å². The van der Waals surface area contributed by atoms with Crippen molar-refractivity contribution in [1.29, 1.82) is 0 Å². The second-order valence-corrected chi connectivity index (χ2v) is 5.36. The molecular weight excluding hydrogens is 227 g/mol. The van der Waals surface area contributed by atoms with Crippen molar-refractivity contribution < 1.29 is 17.9 Å². The summed E-state index contributed by atoms with van der Waals surface area (Å²) in [6.07, 6.45) is 1.11. The van der Waals surface area contributed by atoms with Crippen molar-refractivity contribution in [3.05, 3.63) is 29.8 Å². The Labute approximate surface area is 95.9 Å². The quantitative estimate of drug-likeness (QED) is 0.567. The van der Waals surface area contributed by atoms with Gasteiger partial charge >= 0.3 is 5.97 Å². The predicted octanol–water partition coefficient (Wildman–Crippen LogP) is 0.473. The lowest BCUT2D eigenvalue weighted by atomic mass is 9.81. The van der Waals surface area contributed by atoms with Gasteiger partial charge in [0.05, 0.1) is 19.9 Å². The van der Waals surface area contributed by atoms with E-state index in [2.05, 4.69) is 4.74 Å². The van der Waals surface area contributed by atoms with Crippen molar-refractivity contribution in [1.82, 2.24) is 0 Å². The number of rotatable bonds is 3. The van der Waals surface area contributed by atoms with E-state index in [1.165, 1.54) is 31.4 Å². The molecule has 16 heavy (non-hydrogen) atoms. The van der Waals surface area contributed by atoms with E-state index in [1.54, 1.807) is 0 Å². The summed E-state index contributed by atoms with van der Waals surface area (Å²) in [5, 5.41) is 0. The molecule has 6 heteroatoms. The number of sulfone groups is 1. The zero-order chi connectivity index (χ0) is 12.3. The number of ether oxygens (including phenoxy) is 1. The van der Waals surface area contributed by atoms with E-state index >= 15 is 0 Å². The third-order valence-electron chi connectivity index (χ3n) is 2.12. The van der Waals surface area contributed by atoms with E-state index in [1.807, 2.05) is 0 Å². The summed E-state index contributed by atoms with van der Waals surface area (Å²) in [6.45, 7) is 0. The average Bonchev–Trinajstić information content (AvgIpc) is 2.26. The van der Waals surface area contributed by atoms with E-state index in [-0.39, 0.29) is 4.90 Å². The molecule has 0 aromatic heterocycles. The topological polar surface area (TPSA) is 60.4 Å². The molecule has 0 saturated heterocycles. The number of benzene rings is 1. The average molecular weight is 238 g/mol. The predicted molar refractivity (Wildman–Crippen MR) is 60.1 cm³/mol. The van der Waals surface area contributed by atoms with Crippen LogP contribution >= 0.6 is 0 Å². The SMILES string of the molecule is [B]C(C(=O)OC)c1ccc(S(C)(=O)=O)cc1. The molecule has 0 N–H and O–H groups in total. The number of hydrogen-bond acceptors (Lipinski definition) is 4. The highest BCUT2D eigenvalue weighted by Crippen LogP contribution is 2.17. The molecule has 84 valence electrons. The van der Waals surface area contributed by atoms with Crippen LogP contribution < -0.4 is 0 Å². The molecule has 0 aliphatic carbocycles. The largest absolute Gasteiger partial charge is 0.469 e. The molecule has 0 bridgehead atoms. The van der Waals surface area contributed by atoms with Crippen molar-refractivity contribution in [3.8, 4) is 0 Å². The maximum atomic E-state index is 11.2. The van der Waals surface area contributed by atoms with E-state index in [4.69, 9.17) is 7.85 Å². The van der Waals surface area contributed by atoms with Gasteiger partial charge in [0.1, 0.15) is 0 Å². The van der Waals surface area contributed by atoms with Crippen LogP contribution in [0.4, 0.5) is 0 Å². The zero-order valence-electron chi connectivity index (χ0n) is 9.01. The van der Waals surface area contributed by atoms with Crippen molar-refractivity contribution in [3.63, 3.8) is 0 Å². The van der Waals surface area contributed by atoms with Gasteiger partial charge in [-0.25, -0.2) is 8.42 Å². The van der Waals surface area contributed by atoms with Crippen LogP contribution in [0.5, 0.6) is 0 Å². The second-order valence-electron chi connectivity index (χ2n) is 3.34. The fraction of sp³-hybridized carbons (Fsp3) is 0.300. The summed E-state index contributed by atoms with van der Waals surface area (Å²) in [5.41, 5.74) is 0.513. The van der Waals surface area contributed by atoms with Crippen LogP contribution in [0.25, 0.3) is 0 Å². The number of carbonyl (C=O) groups is 1. The number of carbonyl (C=O) groups excluding carboxylic acids is 1. The Balaban J connectivity index is 3.00. The van der Waals surface area contributed by atoms with Crippen molar-refractivity contribution in [2.45, 2.75) is 10.7 Å². The van der Waals surface area contributed by atoms with Crippen LogP contribution in [0.2, 0.25) is 0 Å². The van der Waals surface area contributed by atoms with E-state index in [0.717, 1.165) is 6.26 Å². The van der Waals surface area contributed by atoms with Crippen LogP contribution in [-0.2, 0) is 19.4 Å². The molecule has 1 unspecified atom stereocenters. The molecule has 0 spiro atoms. The first-order valence-electron chi connectivity index (χ1n) is 4.49. The number of methoxy groups -OCH3 is 1. The normalized spacial score (nSPS) is 13.1. The molecule has 0 amide bonds. The monoisotopic (exact) mass is 238 g/mol. The first-order valence-corrected chi connectivity index (χ1v) is 6.39. The molecule has 0 aliphatic heterocycles. The third kappa shape index (κ3) is 2.85. The zero-order valence-corrected chi connectivity index (χ0v) is 9.82. The van der Waals surface area contributed by atoms with Crippen LogP contribution in [0.3, 0.4) is 0 Å². The molecule has 0 saturated carbocycles. The molecule has 0 heterocycles. The second kappa shape index (κ2) is 4.70. The highest BCUT2D eigenvalue weighted by molar-refractivity contribution is 7.90. The van der Waals surface area contributed by atoms with E-state index in [9.17, 15) is 13.2 Å². The fourth-order valence-electron chi connectivity index (χ4n) is 1.19. The maximum Gasteiger partial charge on any atom is 0.304 e. The third-order valence-corrected chi connectivity index (χ3v) is 3.25. The van der Waals surface area contributed by atoms with Crippen molar-refractivity contribution >= 4 is 23.7 Å². The fourth-order valence-corrected chi connectivity index (χ4v) is 1.82. The molecule has 1 aromatic rings. The van der Waals surface area contributed by atoms with Gasteiger partial charge in [-0.05, 0) is 17.7 Å². The first kappa shape index (κ1) is 12.8.